The number of benzene rings is 1. The highest BCUT2D eigenvalue weighted by Crippen LogP contribution is 2.17. The molecular weight excluding hydrogens is 238 g/mol. The van der Waals surface area contributed by atoms with Gasteiger partial charge in [-0.05, 0) is 25.1 Å². The summed E-state index contributed by atoms with van der Waals surface area (Å²) in [5, 5.41) is 7.22. The second kappa shape index (κ2) is 6.38. The second-order valence-corrected chi connectivity index (χ2v) is 4.86. The molecule has 0 aliphatic heterocycles. The van der Waals surface area contributed by atoms with E-state index in [1.807, 2.05) is 32.3 Å². The molecule has 0 saturated carbocycles. The summed E-state index contributed by atoms with van der Waals surface area (Å²) in [6.07, 6.45) is 2.87. The summed E-state index contributed by atoms with van der Waals surface area (Å²) in [7, 11) is 1.86. The number of hydrogen-bond donors (Lipinski definition) is 3. The number of aromatic amines is 1. The van der Waals surface area contributed by atoms with E-state index < -0.39 is 0 Å². The van der Waals surface area contributed by atoms with Crippen LogP contribution in [0.5, 0.6) is 0 Å². The zero-order valence-electron chi connectivity index (χ0n) is 11.5. The van der Waals surface area contributed by atoms with Crippen molar-refractivity contribution < 1.29 is 4.79 Å². The number of rotatable bonds is 6. The number of nitrogens with one attached hydrogen (secondary N) is 3. The summed E-state index contributed by atoms with van der Waals surface area (Å²) in [5.41, 5.74) is 2.39. The van der Waals surface area contributed by atoms with E-state index >= 15 is 0 Å². The third kappa shape index (κ3) is 3.35. The van der Waals surface area contributed by atoms with Gasteiger partial charge < -0.3 is 15.6 Å². The van der Waals surface area contributed by atoms with Gasteiger partial charge in [0.05, 0.1) is 0 Å². The fourth-order valence-electron chi connectivity index (χ4n) is 2.23. The van der Waals surface area contributed by atoms with Gasteiger partial charge in [0.25, 0.3) is 0 Å². The molecular formula is C15H21N3O. The molecule has 0 bridgehead atoms. The molecule has 4 nitrogen and oxygen atoms in total. The lowest BCUT2D eigenvalue weighted by Gasteiger charge is -2.11. The Morgan fingerprint density at radius 2 is 2.16 bits per heavy atom. The van der Waals surface area contributed by atoms with Gasteiger partial charge in [0, 0.05) is 36.1 Å². The van der Waals surface area contributed by atoms with Crippen molar-refractivity contribution >= 4 is 16.8 Å². The van der Waals surface area contributed by atoms with Crippen LogP contribution in [0.25, 0.3) is 10.9 Å². The van der Waals surface area contributed by atoms with Crippen LogP contribution in [0.15, 0.2) is 30.5 Å². The van der Waals surface area contributed by atoms with Crippen molar-refractivity contribution in [2.45, 2.75) is 13.3 Å². The van der Waals surface area contributed by atoms with E-state index in [4.69, 9.17) is 0 Å². The van der Waals surface area contributed by atoms with Crippen LogP contribution in [0.3, 0.4) is 0 Å². The van der Waals surface area contributed by atoms with E-state index in [-0.39, 0.29) is 11.8 Å². The first-order valence-corrected chi connectivity index (χ1v) is 6.69. The molecule has 0 radical (unpaired) electrons. The minimum Gasteiger partial charge on any atom is -0.361 e. The Kier molecular flexibility index (Phi) is 4.58. The van der Waals surface area contributed by atoms with Gasteiger partial charge in [-0.15, -0.1) is 0 Å². The number of para-hydroxylation sites is 1. The number of carbonyl (C=O) groups is 1. The Hall–Kier alpha value is -1.81. The van der Waals surface area contributed by atoms with Crippen molar-refractivity contribution in [1.82, 2.24) is 15.6 Å². The summed E-state index contributed by atoms with van der Waals surface area (Å²) in [6.45, 7) is 3.31. The summed E-state index contributed by atoms with van der Waals surface area (Å²) < 4.78 is 0. The van der Waals surface area contributed by atoms with Gasteiger partial charge in [0.15, 0.2) is 0 Å². The molecule has 1 aromatic carbocycles. The maximum atomic E-state index is 11.8. The van der Waals surface area contributed by atoms with Crippen LogP contribution in [-0.2, 0) is 11.2 Å². The summed E-state index contributed by atoms with van der Waals surface area (Å²) >= 11 is 0. The van der Waals surface area contributed by atoms with Crippen molar-refractivity contribution in [3.63, 3.8) is 0 Å². The number of H-pyrrole nitrogens is 1. The first kappa shape index (κ1) is 13.6. The van der Waals surface area contributed by atoms with Crippen LogP contribution in [0.2, 0.25) is 0 Å². The Morgan fingerprint density at radius 3 is 2.95 bits per heavy atom. The smallest absolute Gasteiger partial charge is 0.224 e. The summed E-state index contributed by atoms with van der Waals surface area (Å²) in [4.78, 5) is 15.0. The quantitative estimate of drug-likeness (QED) is 0.739. The van der Waals surface area contributed by atoms with Gasteiger partial charge in [-0.25, -0.2) is 0 Å². The van der Waals surface area contributed by atoms with Crippen molar-refractivity contribution in [3.8, 4) is 0 Å². The predicted octanol–water partition coefficient (Wildman–Crippen LogP) is 1.68. The predicted molar refractivity (Wildman–Crippen MR) is 78.1 cm³/mol. The molecule has 1 atom stereocenters. The van der Waals surface area contributed by atoms with Gasteiger partial charge in [-0.1, -0.05) is 25.1 Å². The Bertz CT molecular complexity index is 547. The second-order valence-electron chi connectivity index (χ2n) is 4.86. The van der Waals surface area contributed by atoms with Crippen LogP contribution in [0, 0.1) is 5.92 Å². The van der Waals surface area contributed by atoms with Crippen molar-refractivity contribution in [2.75, 3.05) is 20.1 Å². The molecule has 1 aromatic heterocycles. The standard InChI is InChI=1S/C15H21N3O/c1-11(9-16-2)15(19)17-8-7-12-10-18-14-6-4-3-5-13(12)14/h3-6,10-11,16,18H,7-9H2,1-2H3,(H,17,19). The molecule has 0 spiro atoms. The number of aromatic nitrogens is 1. The topological polar surface area (TPSA) is 56.9 Å². The average Bonchev–Trinajstić information content (AvgIpc) is 2.82. The molecule has 1 unspecified atom stereocenters. The molecule has 102 valence electrons. The normalized spacial score (nSPS) is 12.5. The fraction of sp³-hybridized carbons (Fsp3) is 0.400. The zero-order chi connectivity index (χ0) is 13.7. The lowest BCUT2D eigenvalue weighted by Crippen LogP contribution is -2.35. The number of carbonyl (C=O) groups excluding carboxylic acids is 1. The number of amides is 1. The van der Waals surface area contributed by atoms with E-state index in [1.165, 1.54) is 10.9 Å². The van der Waals surface area contributed by atoms with Gasteiger partial charge >= 0.3 is 0 Å². The Labute approximate surface area is 113 Å². The monoisotopic (exact) mass is 259 g/mol. The number of hydrogen-bond acceptors (Lipinski definition) is 2. The van der Waals surface area contributed by atoms with Crippen LogP contribution in [0.4, 0.5) is 0 Å². The molecule has 19 heavy (non-hydrogen) atoms. The van der Waals surface area contributed by atoms with Crippen molar-refractivity contribution in [2.24, 2.45) is 5.92 Å². The van der Waals surface area contributed by atoms with Crippen molar-refractivity contribution in [3.05, 3.63) is 36.0 Å². The van der Waals surface area contributed by atoms with Gasteiger partial charge in [-0.3, -0.25) is 4.79 Å². The third-order valence-corrected chi connectivity index (χ3v) is 3.33. The molecule has 2 aromatic rings. The lowest BCUT2D eigenvalue weighted by atomic mass is 10.1. The molecule has 3 N–H and O–H groups in total. The maximum Gasteiger partial charge on any atom is 0.224 e. The lowest BCUT2D eigenvalue weighted by molar-refractivity contribution is -0.124. The first-order chi connectivity index (χ1) is 9.22. The Balaban J connectivity index is 1.87. The number of fused-ring (bicyclic) bond motifs is 1. The van der Waals surface area contributed by atoms with E-state index in [0.717, 1.165) is 11.9 Å². The average molecular weight is 259 g/mol. The highest BCUT2D eigenvalue weighted by atomic mass is 16.1. The minimum atomic E-state index is 0.00738. The molecule has 0 fully saturated rings. The highest BCUT2D eigenvalue weighted by Gasteiger charge is 2.11. The van der Waals surface area contributed by atoms with Crippen LogP contribution >= 0.6 is 0 Å². The van der Waals surface area contributed by atoms with Crippen molar-refractivity contribution in [1.29, 1.82) is 0 Å². The van der Waals surface area contributed by atoms with E-state index in [2.05, 4.69) is 27.8 Å². The van der Waals surface area contributed by atoms with Gasteiger partial charge in [0.1, 0.15) is 0 Å². The van der Waals surface area contributed by atoms with Crippen LogP contribution in [0.1, 0.15) is 12.5 Å². The van der Waals surface area contributed by atoms with Crippen LogP contribution < -0.4 is 10.6 Å². The van der Waals surface area contributed by atoms with E-state index in [9.17, 15) is 4.79 Å². The van der Waals surface area contributed by atoms with E-state index in [0.29, 0.717) is 13.1 Å². The third-order valence-electron chi connectivity index (χ3n) is 3.33. The molecule has 2 rings (SSSR count). The molecule has 0 saturated heterocycles. The molecule has 1 heterocycles. The molecule has 4 heteroatoms. The largest absolute Gasteiger partial charge is 0.361 e. The molecule has 1 amide bonds. The SMILES string of the molecule is CNCC(C)C(=O)NCCc1c[nH]c2ccccc12. The maximum absolute atomic E-state index is 11.8. The van der Waals surface area contributed by atoms with Gasteiger partial charge in [0.2, 0.25) is 5.91 Å². The Morgan fingerprint density at radius 1 is 1.37 bits per heavy atom. The van der Waals surface area contributed by atoms with Gasteiger partial charge in [-0.2, -0.15) is 0 Å². The zero-order valence-corrected chi connectivity index (χ0v) is 11.5. The first-order valence-electron chi connectivity index (χ1n) is 6.69. The van der Waals surface area contributed by atoms with E-state index in [1.54, 1.807) is 0 Å². The molecule has 0 aliphatic rings. The minimum absolute atomic E-state index is 0.00738. The molecule has 0 aliphatic carbocycles. The van der Waals surface area contributed by atoms with Crippen LogP contribution in [-0.4, -0.2) is 31.0 Å². The fourth-order valence-corrected chi connectivity index (χ4v) is 2.23. The highest BCUT2D eigenvalue weighted by molar-refractivity contribution is 5.83. The summed E-state index contributed by atoms with van der Waals surface area (Å²) in [5.74, 6) is 0.113. The summed E-state index contributed by atoms with van der Waals surface area (Å²) in [6, 6.07) is 8.22.